The second-order valence-corrected chi connectivity index (χ2v) is 7.85. The molecule has 5 rings (SSSR count). The van der Waals surface area contributed by atoms with Gasteiger partial charge in [-0.1, -0.05) is 23.4 Å². The maximum absolute atomic E-state index is 11.1. The molecule has 140 valence electrons. The molecule has 0 aromatic carbocycles. The number of pyridine rings is 2. The van der Waals surface area contributed by atoms with Crippen LogP contribution in [0.4, 0.5) is 4.79 Å². The number of methoxy groups -OCH3 is 1. The molecule has 0 spiro atoms. The van der Waals surface area contributed by atoms with E-state index < -0.39 is 6.09 Å². The third kappa shape index (κ3) is 3.28. The molecule has 3 saturated carbocycles. The molecule has 0 aliphatic heterocycles. The molecule has 0 saturated heterocycles. The van der Waals surface area contributed by atoms with Crippen molar-refractivity contribution in [2.75, 3.05) is 7.11 Å². The summed E-state index contributed by atoms with van der Waals surface area (Å²) in [5, 5.41) is 12.3. The Balaban J connectivity index is 1.66. The van der Waals surface area contributed by atoms with Gasteiger partial charge in [0.2, 0.25) is 5.88 Å². The standard InChI is InChI=1S/C20H20ClN3O3/c1-27-16-3-2-15-17(23-16)13(14(21)12-22-15)4-5-19-6-9-20(10-7-19,11-8-19)24-18(25)26/h2-3,12,24H,6-11H2,1H3,(H,25,26). The number of aromatic nitrogens is 2. The fourth-order valence-corrected chi connectivity index (χ4v) is 4.43. The first-order valence-corrected chi connectivity index (χ1v) is 9.36. The Hall–Kier alpha value is -2.52. The minimum absolute atomic E-state index is 0.0836. The van der Waals surface area contributed by atoms with Gasteiger partial charge in [-0.15, -0.1) is 0 Å². The topological polar surface area (TPSA) is 84.3 Å². The molecule has 2 bridgehead atoms. The number of hydrogen-bond acceptors (Lipinski definition) is 4. The fourth-order valence-electron chi connectivity index (χ4n) is 4.24. The van der Waals surface area contributed by atoms with Gasteiger partial charge in [0, 0.05) is 23.2 Å². The highest BCUT2D eigenvalue weighted by atomic mass is 35.5. The molecule has 7 heteroatoms. The number of ether oxygens (including phenoxy) is 1. The van der Waals surface area contributed by atoms with Crippen LogP contribution in [0.25, 0.3) is 11.0 Å². The zero-order valence-electron chi connectivity index (χ0n) is 15.0. The smallest absolute Gasteiger partial charge is 0.405 e. The van der Waals surface area contributed by atoms with E-state index in [-0.39, 0.29) is 11.0 Å². The van der Waals surface area contributed by atoms with E-state index in [1.807, 2.05) is 6.07 Å². The van der Waals surface area contributed by atoms with Crippen LogP contribution in [-0.2, 0) is 0 Å². The predicted molar refractivity (Wildman–Crippen MR) is 102 cm³/mol. The van der Waals surface area contributed by atoms with Gasteiger partial charge < -0.3 is 15.2 Å². The average molecular weight is 386 g/mol. The van der Waals surface area contributed by atoms with Gasteiger partial charge in [0.25, 0.3) is 0 Å². The van der Waals surface area contributed by atoms with Crippen molar-refractivity contribution in [3.05, 3.63) is 28.9 Å². The highest BCUT2D eigenvalue weighted by molar-refractivity contribution is 6.32. The number of amides is 1. The minimum Gasteiger partial charge on any atom is -0.481 e. The first-order chi connectivity index (χ1) is 12.9. The molecule has 1 amide bonds. The largest absolute Gasteiger partial charge is 0.481 e. The van der Waals surface area contributed by atoms with Gasteiger partial charge >= 0.3 is 6.09 Å². The molecule has 27 heavy (non-hydrogen) atoms. The molecule has 0 unspecified atom stereocenters. The molecule has 6 nitrogen and oxygen atoms in total. The van der Waals surface area contributed by atoms with Crippen molar-refractivity contribution in [2.24, 2.45) is 5.41 Å². The number of fused-ring (bicyclic) bond motifs is 4. The van der Waals surface area contributed by atoms with Crippen LogP contribution < -0.4 is 10.1 Å². The molecule has 3 fully saturated rings. The monoisotopic (exact) mass is 385 g/mol. The summed E-state index contributed by atoms with van der Waals surface area (Å²) in [5.74, 6) is 7.22. The Bertz CT molecular complexity index is 955. The van der Waals surface area contributed by atoms with Crippen molar-refractivity contribution >= 4 is 28.7 Å². The van der Waals surface area contributed by atoms with Crippen molar-refractivity contribution in [2.45, 2.75) is 44.1 Å². The van der Waals surface area contributed by atoms with Crippen LogP contribution >= 0.6 is 11.6 Å². The van der Waals surface area contributed by atoms with Crippen LogP contribution in [0.3, 0.4) is 0 Å². The molecule has 2 heterocycles. The van der Waals surface area contributed by atoms with Gasteiger partial charge in [0.05, 0.1) is 23.2 Å². The summed E-state index contributed by atoms with van der Waals surface area (Å²) in [6.45, 7) is 0. The van der Waals surface area contributed by atoms with E-state index in [1.165, 1.54) is 0 Å². The molecular formula is C20H20ClN3O3. The second kappa shape index (κ2) is 6.58. The van der Waals surface area contributed by atoms with Gasteiger partial charge in [0.15, 0.2) is 0 Å². The van der Waals surface area contributed by atoms with E-state index in [0.717, 1.165) is 44.0 Å². The molecule has 2 aromatic heterocycles. The SMILES string of the molecule is COc1ccc2ncc(Cl)c(C#CC34CCC(NC(=O)O)(CC3)CC4)c2n1. The molecule has 3 aliphatic carbocycles. The third-order valence-corrected chi connectivity index (χ3v) is 6.21. The zero-order chi connectivity index (χ0) is 19.1. The normalized spacial score (nSPS) is 26.3. The first kappa shape index (κ1) is 17.9. The molecule has 3 aliphatic rings. The van der Waals surface area contributed by atoms with Crippen molar-refractivity contribution in [1.29, 1.82) is 0 Å². The number of nitrogens with one attached hydrogen (secondary N) is 1. The Morgan fingerprint density at radius 3 is 2.59 bits per heavy atom. The van der Waals surface area contributed by atoms with Crippen LogP contribution in [0.5, 0.6) is 5.88 Å². The first-order valence-electron chi connectivity index (χ1n) is 8.98. The fraction of sp³-hybridized carbons (Fsp3) is 0.450. The highest BCUT2D eigenvalue weighted by Gasteiger charge is 2.48. The number of rotatable bonds is 2. The summed E-state index contributed by atoms with van der Waals surface area (Å²) in [5.41, 5.74) is 1.67. The number of halogens is 1. The second-order valence-electron chi connectivity index (χ2n) is 7.44. The van der Waals surface area contributed by atoms with E-state index in [1.54, 1.807) is 19.4 Å². The number of hydrogen-bond donors (Lipinski definition) is 2. The van der Waals surface area contributed by atoms with Crippen molar-refractivity contribution in [3.63, 3.8) is 0 Å². The molecule has 0 radical (unpaired) electrons. The van der Waals surface area contributed by atoms with Crippen LogP contribution in [0.2, 0.25) is 5.02 Å². The quantitative estimate of drug-likeness (QED) is 0.763. The maximum Gasteiger partial charge on any atom is 0.405 e. The van der Waals surface area contributed by atoms with Gasteiger partial charge in [-0.3, -0.25) is 4.98 Å². The Labute approximate surface area is 162 Å². The highest BCUT2D eigenvalue weighted by Crippen LogP contribution is 2.52. The molecule has 2 N–H and O–H groups in total. The summed E-state index contributed by atoms with van der Waals surface area (Å²) in [4.78, 5) is 19.9. The number of nitrogens with zero attached hydrogens (tertiary/aromatic N) is 2. The average Bonchev–Trinajstić information content (AvgIpc) is 2.67. The lowest BCUT2D eigenvalue weighted by Crippen LogP contribution is -2.56. The summed E-state index contributed by atoms with van der Waals surface area (Å²) in [6.07, 6.45) is 5.79. The van der Waals surface area contributed by atoms with Crippen molar-refractivity contribution < 1.29 is 14.6 Å². The molecular weight excluding hydrogens is 366 g/mol. The zero-order valence-corrected chi connectivity index (χ0v) is 15.8. The number of carboxylic acid groups (broad SMARTS) is 1. The van der Waals surface area contributed by atoms with Gasteiger partial charge in [-0.25, -0.2) is 9.78 Å². The van der Waals surface area contributed by atoms with Crippen molar-refractivity contribution in [3.8, 4) is 17.7 Å². The van der Waals surface area contributed by atoms with E-state index in [4.69, 9.17) is 21.4 Å². The number of carbonyl (C=O) groups is 1. The predicted octanol–water partition coefficient (Wildman–Crippen LogP) is 4.00. The Morgan fingerprint density at radius 1 is 1.26 bits per heavy atom. The summed E-state index contributed by atoms with van der Waals surface area (Å²) in [6, 6.07) is 3.60. The van der Waals surface area contributed by atoms with Crippen LogP contribution in [0, 0.1) is 17.3 Å². The van der Waals surface area contributed by atoms with Gasteiger partial charge in [-0.05, 0) is 44.6 Å². The van der Waals surface area contributed by atoms with E-state index in [0.29, 0.717) is 22.0 Å². The maximum atomic E-state index is 11.1. The lowest BCUT2D eigenvalue weighted by atomic mass is 9.57. The van der Waals surface area contributed by atoms with Gasteiger partial charge in [0.1, 0.15) is 5.52 Å². The lowest BCUT2D eigenvalue weighted by molar-refractivity contribution is 0.0629. The summed E-state index contributed by atoms with van der Waals surface area (Å²) in [7, 11) is 1.57. The van der Waals surface area contributed by atoms with E-state index >= 15 is 0 Å². The molecule has 0 atom stereocenters. The van der Waals surface area contributed by atoms with Crippen LogP contribution in [0.1, 0.15) is 44.1 Å². The van der Waals surface area contributed by atoms with E-state index in [9.17, 15) is 4.79 Å². The van der Waals surface area contributed by atoms with E-state index in [2.05, 4.69) is 27.1 Å². The van der Waals surface area contributed by atoms with Crippen LogP contribution in [0.15, 0.2) is 18.3 Å². The molecule has 2 aromatic rings. The minimum atomic E-state index is -0.939. The Morgan fingerprint density at radius 2 is 1.96 bits per heavy atom. The van der Waals surface area contributed by atoms with Crippen molar-refractivity contribution in [1.82, 2.24) is 15.3 Å². The third-order valence-electron chi connectivity index (χ3n) is 5.92. The summed E-state index contributed by atoms with van der Waals surface area (Å²) >= 11 is 6.37. The van der Waals surface area contributed by atoms with Gasteiger partial charge in [-0.2, -0.15) is 0 Å². The van der Waals surface area contributed by atoms with Crippen LogP contribution in [-0.4, -0.2) is 33.8 Å². The Kier molecular flexibility index (Phi) is 4.35. The summed E-state index contributed by atoms with van der Waals surface area (Å²) < 4.78 is 5.22. The lowest BCUT2D eigenvalue weighted by Gasteiger charge is -2.51.